The molecule has 0 aliphatic rings. The van der Waals surface area contributed by atoms with Crippen molar-refractivity contribution in [2.75, 3.05) is 7.11 Å². The van der Waals surface area contributed by atoms with Crippen molar-refractivity contribution in [3.8, 4) is 11.5 Å². The predicted octanol–water partition coefficient (Wildman–Crippen LogP) is 2.47. The van der Waals surface area contributed by atoms with E-state index in [1.54, 1.807) is 7.11 Å². The first kappa shape index (κ1) is 21.9. The van der Waals surface area contributed by atoms with Gasteiger partial charge in [0.1, 0.15) is 6.61 Å². The Morgan fingerprint density at radius 2 is 1.84 bits per heavy atom. The van der Waals surface area contributed by atoms with Crippen LogP contribution in [-0.4, -0.2) is 13.2 Å². The van der Waals surface area contributed by atoms with Crippen LogP contribution in [-0.2, 0) is 13.2 Å². The highest BCUT2D eigenvalue weighted by Gasteiger charge is 2.13. The van der Waals surface area contributed by atoms with E-state index in [9.17, 15) is 0 Å². The third-order valence-electron chi connectivity index (χ3n) is 3.89. The van der Waals surface area contributed by atoms with Gasteiger partial charge in [-0.25, -0.2) is 0 Å². The average Bonchev–Trinajstić information content (AvgIpc) is 2.59. The van der Waals surface area contributed by atoms with Crippen molar-refractivity contribution in [1.82, 2.24) is 5.32 Å². The number of rotatable bonds is 8. The minimum absolute atomic E-state index is 0. The lowest BCUT2D eigenvalue weighted by atomic mass is 10.1. The number of hydrogen-bond acceptors (Lipinski definition) is 3. The van der Waals surface area contributed by atoms with Gasteiger partial charge in [0, 0.05) is 23.2 Å². The maximum absolute atomic E-state index is 6.40. The Morgan fingerprint density at radius 3 is 2.48 bits per heavy atom. The summed E-state index contributed by atoms with van der Waals surface area (Å²) in [5.41, 5.74) is 1.96. The lowest BCUT2D eigenvalue weighted by molar-refractivity contribution is -0.00000547. The molecule has 25 heavy (non-hydrogen) atoms. The van der Waals surface area contributed by atoms with Gasteiger partial charge >= 0.3 is 0 Å². The maximum atomic E-state index is 6.40. The van der Waals surface area contributed by atoms with E-state index in [0.29, 0.717) is 34.2 Å². The van der Waals surface area contributed by atoms with Gasteiger partial charge < -0.3 is 27.2 Å². The number of hydrogen-bond donors (Lipinski definition) is 1. The predicted molar refractivity (Wildman–Crippen MR) is 100 cm³/mol. The van der Waals surface area contributed by atoms with E-state index in [0.717, 1.165) is 24.1 Å². The molecule has 0 saturated carbocycles. The van der Waals surface area contributed by atoms with Crippen molar-refractivity contribution in [2.45, 2.75) is 39.5 Å². The fourth-order valence-corrected chi connectivity index (χ4v) is 2.70. The van der Waals surface area contributed by atoms with E-state index in [1.165, 1.54) is 0 Å². The Kier molecular flexibility index (Phi) is 9.44. The van der Waals surface area contributed by atoms with E-state index in [-0.39, 0.29) is 12.4 Å². The van der Waals surface area contributed by atoms with Crippen molar-refractivity contribution < 1.29 is 21.9 Å². The molecule has 2 rings (SSSR count). The highest BCUT2D eigenvalue weighted by atomic mass is 35.5. The lowest BCUT2D eigenvalue weighted by Crippen LogP contribution is -3.00. The molecule has 1 atom stereocenters. The molecule has 6 heteroatoms. The van der Waals surface area contributed by atoms with Crippen LogP contribution in [0.15, 0.2) is 36.4 Å². The fourth-order valence-electron chi connectivity index (χ4n) is 2.22. The molecule has 0 fully saturated rings. The van der Waals surface area contributed by atoms with Crippen LogP contribution in [0.25, 0.3) is 0 Å². The summed E-state index contributed by atoms with van der Waals surface area (Å²) < 4.78 is 11.3. The van der Waals surface area contributed by atoms with Gasteiger partial charge in [-0.1, -0.05) is 48.3 Å². The van der Waals surface area contributed by atoms with Crippen molar-refractivity contribution in [3.63, 3.8) is 0 Å². The molecule has 0 aliphatic heterocycles. The van der Waals surface area contributed by atoms with Crippen LogP contribution in [0.1, 0.15) is 31.4 Å². The first-order valence-electron chi connectivity index (χ1n) is 8.01. The zero-order valence-corrected chi connectivity index (χ0v) is 16.9. The molecule has 0 spiro atoms. The van der Waals surface area contributed by atoms with E-state index >= 15 is 0 Å². The fraction of sp³-hybridized carbons (Fsp3) is 0.368. The Morgan fingerprint density at radius 1 is 1.12 bits per heavy atom. The Balaban J connectivity index is 0.00000312. The third-order valence-corrected chi connectivity index (χ3v) is 4.54. The highest BCUT2D eigenvalue weighted by Crippen LogP contribution is 2.37. The van der Waals surface area contributed by atoms with Gasteiger partial charge in [0.05, 0.1) is 12.1 Å². The number of methoxy groups -OCH3 is 1. The van der Waals surface area contributed by atoms with Crippen LogP contribution in [0.3, 0.4) is 0 Å². The van der Waals surface area contributed by atoms with Crippen LogP contribution in [0.4, 0.5) is 0 Å². The molecule has 0 bridgehead atoms. The normalized spacial score (nSPS) is 11.6. The van der Waals surface area contributed by atoms with Gasteiger partial charge in [-0.15, -0.1) is 0 Å². The van der Waals surface area contributed by atoms with Gasteiger partial charge in [0.15, 0.2) is 11.5 Å². The minimum atomic E-state index is 0. The quantitative estimate of drug-likeness (QED) is 0.734. The van der Waals surface area contributed by atoms with Gasteiger partial charge in [0.2, 0.25) is 0 Å². The summed E-state index contributed by atoms with van der Waals surface area (Å²) >= 11 is 12.6. The highest BCUT2D eigenvalue weighted by molar-refractivity contribution is 6.32. The Labute approximate surface area is 166 Å². The van der Waals surface area contributed by atoms with Crippen molar-refractivity contribution in [3.05, 3.63) is 57.6 Å². The zero-order chi connectivity index (χ0) is 17.5. The topological polar surface area (TPSA) is 30.5 Å². The summed E-state index contributed by atoms with van der Waals surface area (Å²) in [7, 11) is 1.61. The molecular weight excluding hydrogens is 381 g/mol. The zero-order valence-electron chi connectivity index (χ0n) is 14.6. The first-order valence-corrected chi connectivity index (χ1v) is 8.76. The molecule has 0 heterocycles. The van der Waals surface area contributed by atoms with Gasteiger partial charge in [-0.3, -0.25) is 0 Å². The van der Waals surface area contributed by atoms with Crippen molar-refractivity contribution in [1.29, 1.82) is 0 Å². The summed E-state index contributed by atoms with van der Waals surface area (Å²) in [4.78, 5) is 0. The molecule has 0 amide bonds. The second kappa shape index (κ2) is 10.8. The van der Waals surface area contributed by atoms with Gasteiger partial charge in [-0.2, -0.15) is 0 Å². The average molecular weight is 404 g/mol. The molecule has 0 aliphatic carbocycles. The van der Waals surface area contributed by atoms with E-state index < -0.39 is 0 Å². The summed E-state index contributed by atoms with van der Waals surface area (Å²) in [6.07, 6.45) is 1.07. The number of halogens is 3. The molecule has 138 valence electrons. The van der Waals surface area contributed by atoms with Gasteiger partial charge in [-0.05, 0) is 37.1 Å². The number of ether oxygens (including phenoxy) is 2. The summed E-state index contributed by atoms with van der Waals surface area (Å²) in [6, 6.07) is 11.9. The van der Waals surface area contributed by atoms with E-state index in [1.807, 2.05) is 36.4 Å². The summed E-state index contributed by atoms with van der Waals surface area (Å²) in [5, 5.41) is 4.64. The number of nitrogens with one attached hydrogen (secondary N) is 1. The standard InChI is InChI=1S/C19H23Cl2NO2.ClH/c1-4-13(2)22-11-14-9-17(21)19(18(10-14)23-3)24-12-15-7-5-6-8-16(15)20;/h5-10,13,22H,4,11-12H2,1-3H3;1H/p-1. The van der Waals surface area contributed by atoms with Crippen LogP contribution in [0, 0.1) is 0 Å². The molecule has 0 aromatic heterocycles. The maximum Gasteiger partial charge on any atom is 0.180 e. The molecular formula is C19H23Cl3NO2-. The Bertz CT molecular complexity index is 680. The number of benzene rings is 2. The molecule has 0 radical (unpaired) electrons. The minimum Gasteiger partial charge on any atom is -1.00 e. The molecule has 0 saturated heterocycles. The summed E-state index contributed by atoms with van der Waals surface area (Å²) in [6.45, 7) is 5.37. The summed E-state index contributed by atoms with van der Waals surface area (Å²) in [5.74, 6) is 1.15. The first-order chi connectivity index (χ1) is 11.5. The third kappa shape index (κ3) is 6.27. The van der Waals surface area contributed by atoms with Crippen molar-refractivity contribution in [2.24, 2.45) is 0 Å². The molecule has 2 aromatic rings. The molecule has 3 nitrogen and oxygen atoms in total. The monoisotopic (exact) mass is 402 g/mol. The lowest BCUT2D eigenvalue weighted by Gasteiger charge is -2.16. The second-order valence-electron chi connectivity index (χ2n) is 5.68. The van der Waals surface area contributed by atoms with Crippen LogP contribution < -0.4 is 27.2 Å². The van der Waals surface area contributed by atoms with E-state index in [4.69, 9.17) is 32.7 Å². The smallest absolute Gasteiger partial charge is 0.180 e. The molecule has 1 N–H and O–H groups in total. The van der Waals surface area contributed by atoms with Crippen LogP contribution in [0.5, 0.6) is 11.5 Å². The Hall–Kier alpha value is -1.13. The SMILES string of the molecule is CCC(C)NCc1cc(Cl)c(OCc2ccccc2Cl)c(OC)c1.[Cl-]. The van der Waals surface area contributed by atoms with Crippen LogP contribution in [0.2, 0.25) is 10.0 Å². The second-order valence-corrected chi connectivity index (χ2v) is 6.49. The molecule has 1 unspecified atom stereocenters. The van der Waals surface area contributed by atoms with E-state index in [2.05, 4.69) is 19.2 Å². The molecule has 2 aromatic carbocycles. The largest absolute Gasteiger partial charge is 1.00 e. The van der Waals surface area contributed by atoms with Crippen molar-refractivity contribution >= 4 is 23.2 Å². The van der Waals surface area contributed by atoms with Crippen LogP contribution >= 0.6 is 23.2 Å². The van der Waals surface area contributed by atoms with Gasteiger partial charge in [0.25, 0.3) is 0 Å².